The SMILES string of the molecule is O=CCC#Cc1ccc2cccnc2c1. The molecule has 0 saturated heterocycles. The van der Waals surface area contributed by atoms with E-state index in [-0.39, 0.29) is 6.42 Å². The monoisotopic (exact) mass is 195 g/mol. The van der Waals surface area contributed by atoms with Gasteiger partial charge >= 0.3 is 0 Å². The van der Waals surface area contributed by atoms with Crippen LogP contribution in [0.2, 0.25) is 0 Å². The number of pyridine rings is 1. The van der Waals surface area contributed by atoms with Gasteiger partial charge in [0.25, 0.3) is 0 Å². The molecule has 1 aromatic heterocycles. The Bertz CT molecular complexity index is 549. The van der Waals surface area contributed by atoms with Gasteiger partial charge in [0.05, 0.1) is 11.9 Å². The molecule has 0 bridgehead atoms. The molecule has 0 radical (unpaired) electrons. The zero-order chi connectivity index (χ0) is 10.5. The first-order valence-electron chi connectivity index (χ1n) is 4.67. The molecule has 0 spiro atoms. The first kappa shape index (κ1) is 9.42. The van der Waals surface area contributed by atoms with E-state index in [0.29, 0.717) is 0 Å². The number of rotatable bonds is 1. The van der Waals surface area contributed by atoms with Gasteiger partial charge in [0, 0.05) is 17.1 Å². The van der Waals surface area contributed by atoms with Crippen molar-refractivity contribution in [2.24, 2.45) is 0 Å². The molecule has 72 valence electrons. The quantitative estimate of drug-likeness (QED) is 0.515. The zero-order valence-corrected chi connectivity index (χ0v) is 8.10. The summed E-state index contributed by atoms with van der Waals surface area (Å²) in [7, 11) is 0. The van der Waals surface area contributed by atoms with Crippen LogP contribution in [-0.4, -0.2) is 11.3 Å². The highest BCUT2D eigenvalue weighted by Crippen LogP contribution is 2.12. The fourth-order valence-electron chi connectivity index (χ4n) is 1.34. The van der Waals surface area contributed by atoms with Crippen molar-refractivity contribution in [3.8, 4) is 11.8 Å². The summed E-state index contributed by atoms with van der Waals surface area (Å²) in [5.74, 6) is 5.69. The van der Waals surface area contributed by atoms with E-state index in [9.17, 15) is 4.79 Å². The minimum Gasteiger partial charge on any atom is -0.302 e. The normalized spacial score (nSPS) is 9.33. The van der Waals surface area contributed by atoms with Gasteiger partial charge in [-0.1, -0.05) is 24.0 Å². The zero-order valence-electron chi connectivity index (χ0n) is 8.10. The lowest BCUT2D eigenvalue weighted by atomic mass is 10.1. The number of benzene rings is 1. The number of carbonyl (C=O) groups excluding carboxylic acids is 1. The van der Waals surface area contributed by atoms with E-state index < -0.39 is 0 Å². The Morgan fingerprint density at radius 2 is 2.27 bits per heavy atom. The van der Waals surface area contributed by atoms with Crippen LogP contribution >= 0.6 is 0 Å². The molecule has 2 aromatic rings. The molecule has 0 N–H and O–H groups in total. The van der Waals surface area contributed by atoms with E-state index in [0.717, 1.165) is 22.8 Å². The smallest absolute Gasteiger partial charge is 0.131 e. The predicted molar refractivity (Wildman–Crippen MR) is 59.3 cm³/mol. The second-order valence-electron chi connectivity index (χ2n) is 3.08. The van der Waals surface area contributed by atoms with Crippen molar-refractivity contribution in [1.29, 1.82) is 0 Å². The van der Waals surface area contributed by atoms with E-state index in [1.807, 2.05) is 30.3 Å². The van der Waals surface area contributed by atoms with Crippen LogP contribution in [0.15, 0.2) is 36.5 Å². The molecule has 0 unspecified atom stereocenters. The second-order valence-corrected chi connectivity index (χ2v) is 3.08. The van der Waals surface area contributed by atoms with E-state index in [1.165, 1.54) is 0 Å². The average Bonchev–Trinajstić information content (AvgIpc) is 2.29. The Labute approximate surface area is 88.0 Å². The molecule has 1 aromatic carbocycles. The number of carbonyl (C=O) groups is 1. The highest BCUT2D eigenvalue weighted by atomic mass is 16.1. The third-order valence-corrected chi connectivity index (χ3v) is 2.02. The van der Waals surface area contributed by atoms with Crippen LogP contribution < -0.4 is 0 Å². The van der Waals surface area contributed by atoms with Gasteiger partial charge in [-0.15, -0.1) is 0 Å². The van der Waals surface area contributed by atoms with Gasteiger partial charge in [-0.05, 0) is 18.2 Å². The summed E-state index contributed by atoms with van der Waals surface area (Å²) in [6, 6.07) is 9.74. The number of nitrogens with zero attached hydrogens (tertiary/aromatic N) is 1. The number of hydrogen-bond donors (Lipinski definition) is 0. The van der Waals surface area contributed by atoms with Crippen LogP contribution in [0, 0.1) is 11.8 Å². The third kappa shape index (κ3) is 2.21. The lowest BCUT2D eigenvalue weighted by molar-refractivity contribution is -0.107. The van der Waals surface area contributed by atoms with Crippen LogP contribution in [-0.2, 0) is 4.79 Å². The third-order valence-electron chi connectivity index (χ3n) is 2.02. The molecule has 2 nitrogen and oxygen atoms in total. The van der Waals surface area contributed by atoms with Crippen LogP contribution in [0.3, 0.4) is 0 Å². The van der Waals surface area contributed by atoms with E-state index in [4.69, 9.17) is 0 Å². The van der Waals surface area contributed by atoms with Crippen molar-refractivity contribution in [3.05, 3.63) is 42.1 Å². The maximum Gasteiger partial charge on any atom is 0.131 e. The summed E-state index contributed by atoms with van der Waals surface area (Å²) in [5.41, 5.74) is 1.82. The van der Waals surface area contributed by atoms with Crippen molar-refractivity contribution in [3.63, 3.8) is 0 Å². The summed E-state index contributed by atoms with van der Waals surface area (Å²) < 4.78 is 0. The largest absolute Gasteiger partial charge is 0.302 e. The maximum atomic E-state index is 10.1. The molecular formula is C13H9NO. The molecule has 0 aliphatic rings. The highest BCUT2D eigenvalue weighted by Gasteiger charge is 1.93. The van der Waals surface area contributed by atoms with Gasteiger partial charge in [-0.3, -0.25) is 4.98 Å². The fraction of sp³-hybridized carbons (Fsp3) is 0.0769. The van der Waals surface area contributed by atoms with Crippen molar-refractivity contribution < 1.29 is 4.79 Å². The molecule has 2 rings (SSSR count). The van der Waals surface area contributed by atoms with Crippen molar-refractivity contribution >= 4 is 17.2 Å². The Morgan fingerprint density at radius 1 is 1.33 bits per heavy atom. The molecule has 0 fully saturated rings. The number of hydrogen-bond acceptors (Lipinski definition) is 2. The Kier molecular flexibility index (Phi) is 2.75. The molecule has 0 aliphatic heterocycles. The predicted octanol–water partition coefficient (Wildman–Crippen LogP) is 2.18. The van der Waals surface area contributed by atoms with Crippen LogP contribution in [0.25, 0.3) is 10.9 Å². The molecule has 0 saturated carbocycles. The van der Waals surface area contributed by atoms with Crippen LogP contribution in [0.5, 0.6) is 0 Å². The first-order valence-corrected chi connectivity index (χ1v) is 4.67. The van der Waals surface area contributed by atoms with E-state index in [2.05, 4.69) is 16.8 Å². The summed E-state index contributed by atoms with van der Waals surface area (Å²) in [5, 5.41) is 1.10. The minimum atomic E-state index is 0.278. The van der Waals surface area contributed by atoms with Gasteiger partial charge in [-0.25, -0.2) is 0 Å². The maximum absolute atomic E-state index is 10.1. The molecule has 0 atom stereocenters. The summed E-state index contributed by atoms with van der Waals surface area (Å²) in [4.78, 5) is 14.3. The topological polar surface area (TPSA) is 30.0 Å². The van der Waals surface area contributed by atoms with Crippen molar-refractivity contribution in [2.75, 3.05) is 0 Å². The van der Waals surface area contributed by atoms with Gasteiger partial charge in [0.1, 0.15) is 6.29 Å². The molecule has 15 heavy (non-hydrogen) atoms. The van der Waals surface area contributed by atoms with Gasteiger partial charge < -0.3 is 4.79 Å². The summed E-state index contributed by atoms with van der Waals surface area (Å²) >= 11 is 0. The number of aromatic nitrogens is 1. The number of fused-ring (bicyclic) bond motifs is 1. The standard InChI is InChI=1S/C13H9NO/c15-9-2-1-4-11-6-7-12-5-3-8-14-13(12)10-11/h3,5-10H,2H2. The first-order chi connectivity index (χ1) is 7.40. The van der Waals surface area contributed by atoms with Crippen LogP contribution in [0.4, 0.5) is 0 Å². The average molecular weight is 195 g/mol. The lowest BCUT2D eigenvalue weighted by Crippen LogP contribution is -1.80. The molecular weight excluding hydrogens is 186 g/mol. The summed E-state index contributed by atoms with van der Waals surface area (Å²) in [6.45, 7) is 0. The van der Waals surface area contributed by atoms with E-state index in [1.54, 1.807) is 6.20 Å². The lowest BCUT2D eigenvalue weighted by Gasteiger charge is -1.95. The van der Waals surface area contributed by atoms with Crippen molar-refractivity contribution in [2.45, 2.75) is 6.42 Å². The molecule has 0 amide bonds. The van der Waals surface area contributed by atoms with Gasteiger partial charge in [0.2, 0.25) is 0 Å². The Hall–Kier alpha value is -2.14. The Morgan fingerprint density at radius 3 is 3.13 bits per heavy atom. The second kappa shape index (κ2) is 4.39. The minimum absolute atomic E-state index is 0.278. The van der Waals surface area contributed by atoms with E-state index >= 15 is 0 Å². The van der Waals surface area contributed by atoms with Gasteiger partial charge in [-0.2, -0.15) is 0 Å². The molecule has 0 aliphatic carbocycles. The highest BCUT2D eigenvalue weighted by molar-refractivity contribution is 5.79. The van der Waals surface area contributed by atoms with Gasteiger partial charge in [0.15, 0.2) is 0 Å². The number of aldehydes is 1. The summed E-state index contributed by atoms with van der Waals surface area (Å²) in [6.07, 6.45) is 2.83. The Balaban J connectivity index is 2.40. The fourth-order valence-corrected chi connectivity index (χ4v) is 1.34. The van der Waals surface area contributed by atoms with Crippen molar-refractivity contribution in [1.82, 2.24) is 4.98 Å². The molecule has 2 heteroatoms. The van der Waals surface area contributed by atoms with Crippen LogP contribution in [0.1, 0.15) is 12.0 Å². The molecule has 1 heterocycles.